The van der Waals surface area contributed by atoms with E-state index in [0.29, 0.717) is 0 Å². The molecule has 1 fully saturated rings. The fourth-order valence-corrected chi connectivity index (χ4v) is 2.56. The maximum absolute atomic E-state index is 9.48. The molecule has 1 aromatic rings. The van der Waals surface area contributed by atoms with Gasteiger partial charge >= 0.3 is 0 Å². The van der Waals surface area contributed by atoms with E-state index >= 15 is 0 Å². The Hall–Kier alpha value is -1.02. The van der Waals surface area contributed by atoms with E-state index < -0.39 is 0 Å². The van der Waals surface area contributed by atoms with Crippen molar-refractivity contribution in [1.82, 2.24) is 0 Å². The van der Waals surface area contributed by atoms with Crippen LogP contribution in [0.4, 0.5) is 5.69 Å². The topological polar surface area (TPSA) is 23.5 Å². The van der Waals surface area contributed by atoms with Gasteiger partial charge in [0.15, 0.2) is 0 Å². The summed E-state index contributed by atoms with van der Waals surface area (Å²) in [6.07, 6.45) is 3.58. The molecule has 94 valence electrons. The molecule has 1 saturated heterocycles. The Labute approximate surface area is 104 Å². The number of piperidine rings is 1. The summed E-state index contributed by atoms with van der Waals surface area (Å²) in [6, 6.07) is 8.33. The van der Waals surface area contributed by atoms with Gasteiger partial charge in [0.25, 0.3) is 0 Å². The first kappa shape index (κ1) is 12.4. The highest BCUT2D eigenvalue weighted by Gasteiger charge is 2.17. The van der Waals surface area contributed by atoms with E-state index in [1.165, 1.54) is 38.0 Å². The van der Waals surface area contributed by atoms with Gasteiger partial charge < -0.3 is 10.0 Å². The zero-order chi connectivity index (χ0) is 12.3. The van der Waals surface area contributed by atoms with Crippen LogP contribution in [0.15, 0.2) is 24.3 Å². The molecule has 0 spiro atoms. The highest BCUT2D eigenvalue weighted by Crippen LogP contribution is 2.26. The van der Waals surface area contributed by atoms with Crippen LogP contribution in [0.5, 0.6) is 0 Å². The molecule has 0 saturated carbocycles. The van der Waals surface area contributed by atoms with Crippen LogP contribution in [0.3, 0.4) is 0 Å². The Morgan fingerprint density at radius 2 is 1.82 bits per heavy atom. The van der Waals surface area contributed by atoms with Gasteiger partial charge in [-0.25, -0.2) is 0 Å². The number of hydrogen-bond donors (Lipinski definition) is 1. The highest BCUT2D eigenvalue weighted by molar-refractivity contribution is 5.48. The van der Waals surface area contributed by atoms with Crippen LogP contribution in [0, 0.1) is 5.92 Å². The molecule has 17 heavy (non-hydrogen) atoms. The third-order valence-corrected chi connectivity index (χ3v) is 3.93. The van der Waals surface area contributed by atoms with Crippen LogP contribution in [-0.2, 0) is 0 Å². The van der Waals surface area contributed by atoms with Gasteiger partial charge in [-0.3, -0.25) is 0 Å². The molecule has 0 aliphatic carbocycles. The van der Waals surface area contributed by atoms with E-state index in [0.717, 1.165) is 11.5 Å². The van der Waals surface area contributed by atoms with Crippen LogP contribution < -0.4 is 4.90 Å². The molecule has 0 amide bonds. The second-order valence-corrected chi connectivity index (χ2v) is 5.11. The van der Waals surface area contributed by atoms with Crippen LogP contribution in [0.2, 0.25) is 0 Å². The summed E-state index contributed by atoms with van der Waals surface area (Å²) in [6.45, 7) is 6.44. The fraction of sp³-hybridized carbons (Fsp3) is 0.600. The summed E-state index contributed by atoms with van der Waals surface area (Å²) in [5.41, 5.74) is 2.29. The first-order valence-electron chi connectivity index (χ1n) is 6.73. The van der Waals surface area contributed by atoms with E-state index in [1.54, 1.807) is 0 Å². The normalized spacial score (nSPS) is 19.4. The van der Waals surface area contributed by atoms with E-state index in [9.17, 15) is 5.11 Å². The molecule has 1 aliphatic rings. The van der Waals surface area contributed by atoms with Gasteiger partial charge in [0.2, 0.25) is 0 Å². The van der Waals surface area contributed by atoms with Crippen molar-refractivity contribution in [2.45, 2.75) is 39.2 Å². The van der Waals surface area contributed by atoms with Gasteiger partial charge in [-0.15, -0.1) is 0 Å². The van der Waals surface area contributed by atoms with Crippen molar-refractivity contribution in [1.29, 1.82) is 0 Å². The number of rotatable bonds is 3. The van der Waals surface area contributed by atoms with Crippen molar-refractivity contribution >= 4 is 5.69 Å². The third-order valence-electron chi connectivity index (χ3n) is 3.93. The molecule has 1 aromatic carbocycles. The zero-order valence-corrected chi connectivity index (χ0v) is 10.9. The number of hydrogen-bond acceptors (Lipinski definition) is 2. The molecule has 0 radical (unpaired) electrons. The number of benzene rings is 1. The minimum atomic E-state index is -0.366. The average molecular weight is 233 g/mol. The quantitative estimate of drug-likeness (QED) is 0.865. The molecular formula is C15H23NO. The summed E-state index contributed by atoms with van der Waals surface area (Å²) in [5.74, 6) is 0.919. The first-order chi connectivity index (χ1) is 8.20. The van der Waals surface area contributed by atoms with E-state index in [4.69, 9.17) is 0 Å². The third kappa shape index (κ3) is 3.01. The smallest absolute Gasteiger partial charge is 0.0761 e. The Kier molecular flexibility index (Phi) is 4.06. The van der Waals surface area contributed by atoms with Crippen molar-refractivity contribution in [2.24, 2.45) is 5.92 Å². The number of nitrogens with zero attached hydrogens (tertiary/aromatic N) is 1. The lowest BCUT2D eigenvalue weighted by Crippen LogP contribution is -2.33. The van der Waals surface area contributed by atoms with Gasteiger partial charge in [-0.05, 0) is 43.4 Å². The van der Waals surface area contributed by atoms with Crippen molar-refractivity contribution in [2.75, 3.05) is 18.0 Å². The Morgan fingerprint density at radius 1 is 1.24 bits per heavy atom. The minimum absolute atomic E-state index is 0.366. The Morgan fingerprint density at radius 3 is 2.29 bits per heavy atom. The lowest BCUT2D eigenvalue weighted by molar-refractivity contribution is 0.199. The van der Waals surface area contributed by atoms with Crippen molar-refractivity contribution in [3.05, 3.63) is 29.8 Å². The highest BCUT2D eigenvalue weighted by atomic mass is 16.3. The predicted octanol–water partition coefficient (Wildman–Crippen LogP) is 3.37. The molecule has 1 unspecified atom stereocenters. The molecule has 0 aromatic heterocycles. The molecule has 1 atom stereocenters. The molecule has 1 N–H and O–H groups in total. The average Bonchev–Trinajstić information content (AvgIpc) is 2.39. The monoisotopic (exact) mass is 233 g/mol. The van der Waals surface area contributed by atoms with Crippen LogP contribution in [-0.4, -0.2) is 18.2 Å². The molecule has 1 heterocycles. The van der Waals surface area contributed by atoms with Crippen molar-refractivity contribution in [3.8, 4) is 0 Å². The molecule has 2 rings (SSSR count). The zero-order valence-electron chi connectivity index (χ0n) is 10.9. The fourth-order valence-electron chi connectivity index (χ4n) is 2.56. The molecule has 0 bridgehead atoms. The van der Waals surface area contributed by atoms with E-state index in [1.807, 2.05) is 19.1 Å². The Bertz CT molecular complexity index is 336. The van der Waals surface area contributed by atoms with E-state index in [2.05, 4.69) is 24.0 Å². The SMILES string of the molecule is CCC1CCN(c2ccc(C(C)O)cc2)CC1. The summed E-state index contributed by atoms with van der Waals surface area (Å²) in [5, 5.41) is 9.48. The lowest BCUT2D eigenvalue weighted by Gasteiger charge is -2.33. The number of anilines is 1. The lowest BCUT2D eigenvalue weighted by atomic mass is 9.94. The van der Waals surface area contributed by atoms with Crippen LogP contribution >= 0.6 is 0 Å². The first-order valence-corrected chi connectivity index (χ1v) is 6.73. The summed E-state index contributed by atoms with van der Waals surface area (Å²) in [4.78, 5) is 2.46. The second-order valence-electron chi connectivity index (χ2n) is 5.11. The largest absolute Gasteiger partial charge is 0.389 e. The van der Waals surface area contributed by atoms with Gasteiger partial charge in [0.05, 0.1) is 6.10 Å². The summed E-state index contributed by atoms with van der Waals surface area (Å²) >= 11 is 0. The molecule has 1 aliphatic heterocycles. The van der Waals surface area contributed by atoms with Gasteiger partial charge in [0.1, 0.15) is 0 Å². The Balaban J connectivity index is 1.99. The van der Waals surface area contributed by atoms with Crippen LogP contribution in [0.25, 0.3) is 0 Å². The summed E-state index contributed by atoms with van der Waals surface area (Å²) < 4.78 is 0. The van der Waals surface area contributed by atoms with Crippen LogP contribution in [0.1, 0.15) is 44.8 Å². The second kappa shape index (κ2) is 5.54. The maximum Gasteiger partial charge on any atom is 0.0761 e. The number of aliphatic hydroxyl groups is 1. The molecular weight excluding hydrogens is 210 g/mol. The molecule has 2 heteroatoms. The van der Waals surface area contributed by atoms with Gasteiger partial charge in [-0.2, -0.15) is 0 Å². The maximum atomic E-state index is 9.48. The standard InChI is InChI=1S/C15H23NO/c1-3-13-8-10-16(11-9-13)15-6-4-14(5-7-15)12(2)17/h4-7,12-13,17H,3,8-11H2,1-2H3. The minimum Gasteiger partial charge on any atom is -0.389 e. The van der Waals surface area contributed by atoms with Crippen molar-refractivity contribution in [3.63, 3.8) is 0 Å². The predicted molar refractivity (Wildman–Crippen MR) is 72.3 cm³/mol. The molecule has 2 nitrogen and oxygen atoms in total. The van der Waals surface area contributed by atoms with Gasteiger partial charge in [-0.1, -0.05) is 25.5 Å². The van der Waals surface area contributed by atoms with Crippen molar-refractivity contribution < 1.29 is 5.11 Å². The van der Waals surface area contributed by atoms with Gasteiger partial charge in [0, 0.05) is 18.8 Å². The van der Waals surface area contributed by atoms with E-state index in [-0.39, 0.29) is 6.10 Å². The number of aliphatic hydroxyl groups excluding tert-OH is 1. The summed E-state index contributed by atoms with van der Waals surface area (Å²) in [7, 11) is 0.